The largest absolute Gasteiger partial charge is 0.508 e. The van der Waals surface area contributed by atoms with Gasteiger partial charge in [-0.1, -0.05) is 18.2 Å². The van der Waals surface area contributed by atoms with E-state index in [4.69, 9.17) is 9.47 Å². The number of aromatic amines is 1. The average Bonchev–Trinajstić information content (AvgIpc) is 3.21. The minimum atomic E-state index is 0.129. The zero-order chi connectivity index (χ0) is 16.3. The van der Waals surface area contributed by atoms with Crippen molar-refractivity contribution in [2.75, 3.05) is 6.79 Å². The molecule has 0 aliphatic carbocycles. The molecular formula is C19H13NO4. The number of hydrogen-bond donors (Lipinski definition) is 3. The van der Waals surface area contributed by atoms with Crippen molar-refractivity contribution in [3.63, 3.8) is 0 Å². The number of benzene rings is 3. The SMILES string of the molecule is Oc1ccc(-c2c3c[nH]c(O)c3cc3ccc4c(c23)OCO4)cc1. The molecule has 5 rings (SSSR count). The minimum absolute atomic E-state index is 0.129. The van der Waals surface area contributed by atoms with E-state index in [2.05, 4.69) is 4.98 Å². The summed E-state index contributed by atoms with van der Waals surface area (Å²) in [5, 5.41) is 23.2. The van der Waals surface area contributed by atoms with Gasteiger partial charge in [0, 0.05) is 27.9 Å². The molecule has 3 aromatic carbocycles. The molecule has 0 amide bonds. The molecule has 0 radical (unpaired) electrons. The highest BCUT2D eigenvalue weighted by molar-refractivity contribution is 6.16. The molecule has 0 atom stereocenters. The van der Waals surface area contributed by atoms with E-state index in [9.17, 15) is 10.2 Å². The summed E-state index contributed by atoms with van der Waals surface area (Å²) in [6, 6.07) is 12.8. The van der Waals surface area contributed by atoms with Crippen LogP contribution in [0, 0.1) is 0 Å². The summed E-state index contributed by atoms with van der Waals surface area (Å²) in [6.45, 7) is 0.194. The van der Waals surface area contributed by atoms with Crippen LogP contribution in [-0.2, 0) is 0 Å². The van der Waals surface area contributed by atoms with Crippen LogP contribution in [0.5, 0.6) is 23.1 Å². The number of aromatic nitrogens is 1. The lowest BCUT2D eigenvalue weighted by molar-refractivity contribution is 0.175. The molecule has 0 spiro atoms. The van der Waals surface area contributed by atoms with Gasteiger partial charge in [-0.3, -0.25) is 0 Å². The van der Waals surface area contributed by atoms with Crippen LogP contribution in [0.2, 0.25) is 0 Å². The van der Waals surface area contributed by atoms with E-state index in [1.807, 2.05) is 30.3 Å². The van der Waals surface area contributed by atoms with Crippen LogP contribution >= 0.6 is 0 Å². The Morgan fingerprint density at radius 1 is 0.917 bits per heavy atom. The summed E-state index contributed by atoms with van der Waals surface area (Å²) in [7, 11) is 0. The van der Waals surface area contributed by atoms with E-state index in [0.717, 1.165) is 32.7 Å². The zero-order valence-corrected chi connectivity index (χ0v) is 12.5. The second-order valence-electron chi connectivity index (χ2n) is 5.79. The highest BCUT2D eigenvalue weighted by atomic mass is 16.7. The summed E-state index contributed by atoms with van der Waals surface area (Å²) in [5.41, 5.74) is 1.85. The summed E-state index contributed by atoms with van der Waals surface area (Å²) in [4.78, 5) is 2.87. The molecule has 0 fully saturated rings. The van der Waals surface area contributed by atoms with E-state index < -0.39 is 0 Å². The fourth-order valence-electron chi connectivity index (χ4n) is 3.36. The predicted molar refractivity (Wildman–Crippen MR) is 90.7 cm³/mol. The van der Waals surface area contributed by atoms with E-state index in [-0.39, 0.29) is 18.4 Å². The number of nitrogens with one attached hydrogen (secondary N) is 1. The highest BCUT2D eigenvalue weighted by Gasteiger charge is 2.22. The quantitative estimate of drug-likeness (QED) is 0.493. The lowest BCUT2D eigenvalue weighted by atomic mass is 9.93. The van der Waals surface area contributed by atoms with Crippen molar-refractivity contribution in [1.29, 1.82) is 0 Å². The Morgan fingerprint density at radius 2 is 1.75 bits per heavy atom. The zero-order valence-electron chi connectivity index (χ0n) is 12.5. The molecule has 1 aliphatic heterocycles. The third-order valence-corrected chi connectivity index (χ3v) is 4.45. The van der Waals surface area contributed by atoms with Crippen molar-refractivity contribution in [1.82, 2.24) is 4.98 Å². The van der Waals surface area contributed by atoms with Crippen molar-refractivity contribution < 1.29 is 19.7 Å². The normalized spacial score (nSPS) is 13.0. The molecule has 4 aromatic rings. The van der Waals surface area contributed by atoms with Gasteiger partial charge < -0.3 is 24.7 Å². The Labute approximate surface area is 136 Å². The molecule has 0 unspecified atom stereocenters. The molecule has 5 heteroatoms. The van der Waals surface area contributed by atoms with Crippen LogP contribution in [0.1, 0.15) is 0 Å². The number of H-pyrrole nitrogens is 1. The van der Waals surface area contributed by atoms with Crippen molar-refractivity contribution >= 4 is 21.5 Å². The van der Waals surface area contributed by atoms with Crippen LogP contribution in [0.3, 0.4) is 0 Å². The Kier molecular flexibility index (Phi) is 2.51. The van der Waals surface area contributed by atoms with Crippen molar-refractivity contribution in [3.05, 3.63) is 48.7 Å². The highest BCUT2D eigenvalue weighted by Crippen LogP contribution is 2.47. The van der Waals surface area contributed by atoms with E-state index in [1.54, 1.807) is 18.3 Å². The van der Waals surface area contributed by atoms with Crippen molar-refractivity contribution in [2.24, 2.45) is 0 Å². The summed E-state index contributed by atoms with van der Waals surface area (Å²) >= 11 is 0. The first-order valence-electron chi connectivity index (χ1n) is 7.57. The van der Waals surface area contributed by atoms with Gasteiger partial charge >= 0.3 is 0 Å². The van der Waals surface area contributed by atoms with Crippen LogP contribution in [0.4, 0.5) is 0 Å². The van der Waals surface area contributed by atoms with Gasteiger partial charge in [0.25, 0.3) is 0 Å². The van der Waals surface area contributed by atoms with Gasteiger partial charge in [0.05, 0.1) is 0 Å². The first-order valence-corrected chi connectivity index (χ1v) is 7.57. The number of aromatic hydroxyl groups is 2. The standard InChI is InChI=1S/C19H13NO4/c21-12-4-1-10(2-5-12)16-14-8-20-19(22)13(14)7-11-3-6-15-18(17(11)16)24-9-23-15/h1-8,20-22H,9H2. The maximum atomic E-state index is 10.1. The number of phenolic OH excluding ortho intramolecular Hbond substituents is 1. The summed E-state index contributed by atoms with van der Waals surface area (Å²) in [6.07, 6.45) is 1.78. The molecule has 0 saturated carbocycles. The monoisotopic (exact) mass is 319 g/mol. The van der Waals surface area contributed by atoms with Gasteiger partial charge in [-0.25, -0.2) is 0 Å². The lowest BCUT2D eigenvalue weighted by Gasteiger charge is -2.12. The van der Waals surface area contributed by atoms with Crippen molar-refractivity contribution in [3.8, 4) is 34.3 Å². The first kappa shape index (κ1) is 13.1. The molecule has 2 heterocycles. The number of ether oxygens (including phenoxy) is 2. The molecule has 5 nitrogen and oxygen atoms in total. The van der Waals surface area contributed by atoms with Gasteiger partial charge in [-0.2, -0.15) is 0 Å². The second kappa shape index (κ2) is 4.58. The Balaban J connectivity index is 1.99. The van der Waals surface area contributed by atoms with Gasteiger partial charge in [-0.15, -0.1) is 0 Å². The Morgan fingerprint density at radius 3 is 2.58 bits per heavy atom. The molecule has 1 aliphatic rings. The third-order valence-electron chi connectivity index (χ3n) is 4.45. The Hall–Kier alpha value is -3.34. The average molecular weight is 319 g/mol. The van der Waals surface area contributed by atoms with Gasteiger partial charge in [0.1, 0.15) is 5.75 Å². The maximum Gasteiger partial charge on any atom is 0.231 e. The lowest BCUT2D eigenvalue weighted by Crippen LogP contribution is -1.93. The molecular weight excluding hydrogens is 306 g/mol. The molecule has 3 N–H and O–H groups in total. The molecule has 24 heavy (non-hydrogen) atoms. The summed E-state index contributed by atoms with van der Waals surface area (Å²) in [5.74, 6) is 1.75. The van der Waals surface area contributed by atoms with Crippen LogP contribution < -0.4 is 9.47 Å². The van der Waals surface area contributed by atoms with Crippen molar-refractivity contribution in [2.45, 2.75) is 0 Å². The number of rotatable bonds is 1. The maximum absolute atomic E-state index is 10.1. The van der Waals surface area contributed by atoms with Crippen LogP contribution in [0.25, 0.3) is 32.7 Å². The summed E-state index contributed by atoms with van der Waals surface area (Å²) < 4.78 is 11.2. The fourth-order valence-corrected chi connectivity index (χ4v) is 3.36. The van der Waals surface area contributed by atoms with E-state index >= 15 is 0 Å². The van der Waals surface area contributed by atoms with Gasteiger partial charge in [0.15, 0.2) is 17.4 Å². The number of hydrogen-bond acceptors (Lipinski definition) is 4. The fraction of sp³-hybridized carbons (Fsp3) is 0.0526. The third kappa shape index (κ3) is 1.69. The Bertz CT molecular complexity index is 1100. The van der Waals surface area contributed by atoms with Gasteiger partial charge in [0.2, 0.25) is 6.79 Å². The van der Waals surface area contributed by atoms with Gasteiger partial charge in [-0.05, 0) is 35.2 Å². The molecule has 1 aromatic heterocycles. The smallest absolute Gasteiger partial charge is 0.231 e. The van der Waals surface area contributed by atoms with Crippen LogP contribution in [-0.4, -0.2) is 22.0 Å². The molecule has 0 saturated heterocycles. The first-order chi connectivity index (χ1) is 11.7. The van der Waals surface area contributed by atoms with E-state index in [0.29, 0.717) is 11.5 Å². The molecule has 118 valence electrons. The number of fused-ring (bicyclic) bond motifs is 4. The minimum Gasteiger partial charge on any atom is -0.508 e. The topological polar surface area (TPSA) is 74.7 Å². The second-order valence-corrected chi connectivity index (χ2v) is 5.79. The van der Waals surface area contributed by atoms with Crippen LogP contribution in [0.15, 0.2) is 48.7 Å². The predicted octanol–water partition coefficient (Wildman–Crippen LogP) is 4.13. The number of phenols is 1. The van der Waals surface area contributed by atoms with E-state index in [1.165, 1.54) is 0 Å². The molecule has 0 bridgehead atoms.